The molecule has 0 aliphatic rings. The van der Waals surface area contributed by atoms with E-state index in [1.165, 1.54) is 12.5 Å². The molecule has 4 aromatic rings. The van der Waals surface area contributed by atoms with Crippen molar-refractivity contribution in [2.75, 3.05) is 20.1 Å². The standard InChI is InChI=1S/C16H25N3O.C15H21N3O2/c1-10(2)19(11(3)4)7-6-13-9-17-14-8-12(5)16(20)18-15(13)14;1-10(2)18(4)8-7-12-9-16-13-5-6-14(17-15(12)13)20-11(3)19/h8-11,17H,6-7H2,1-5H3,(H,18,20);5-6,9-10,16H,7-8H2,1-4H3. The third-order valence-corrected chi connectivity index (χ3v) is 7.36. The van der Waals surface area contributed by atoms with Crippen LogP contribution in [-0.2, 0) is 17.6 Å². The highest BCUT2D eigenvalue weighted by atomic mass is 16.5. The molecule has 4 rings (SSSR count). The molecule has 0 unspecified atom stereocenters. The van der Waals surface area contributed by atoms with E-state index in [0.717, 1.165) is 59.1 Å². The third kappa shape index (κ3) is 8.05. The molecule has 0 aliphatic carbocycles. The van der Waals surface area contributed by atoms with Crippen molar-refractivity contribution in [2.45, 2.75) is 86.4 Å². The first-order valence-electron chi connectivity index (χ1n) is 14.2. The third-order valence-electron chi connectivity index (χ3n) is 7.36. The normalized spacial score (nSPS) is 11.8. The zero-order valence-electron chi connectivity index (χ0n) is 25.5. The van der Waals surface area contributed by atoms with Crippen LogP contribution in [0.5, 0.6) is 5.88 Å². The quantitative estimate of drug-likeness (QED) is 0.234. The lowest BCUT2D eigenvalue weighted by atomic mass is 10.1. The van der Waals surface area contributed by atoms with E-state index in [4.69, 9.17) is 4.74 Å². The van der Waals surface area contributed by atoms with E-state index >= 15 is 0 Å². The first kappa shape index (κ1) is 31.1. The van der Waals surface area contributed by atoms with Gasteiger partial charge in [0.15, 0.2) is 0 Å². The number of likely N-dealkylation sites (N-methyl/N-ethyl adjacent to an activating group) is 1. The number of hydrogen-bond acceptors (Lipinski definition) is 6. The molecule has 0 fully saturated rings. The van der Waals surface area contributed by atoms with Crippen LogP contribution in [0.3, 0.4) is 0 Å². The number of aromatic nitrogens is 4. The monoisotopic (exact) mass is 550 g/mol. The Morgan fingerprint density at radius 3 is 2.17 bits per heavy atom. The molecule has 218 valence electrons. The van der Waals surface area contributed by atoms with E-state index in [0.29, 0.717) is 24.0 Å². The van der Waals surface area contributed by atoms with Gasteiger partial charge in [-0.25, -0.2) is 4.98 Å². The summed E-state index contributed by atoms with van der Waals surface area (Å²) in [5.74, 6) is -0.00320. The number of nitrogens with zero attached hydrogens (tertiary/aromatic N) is 3. The van der Waals surface area contributed by atoms with Crippen LogP contribution < -0.4 is 10.3 Å². The zero-order valence-corrected chi connectivity index (χ0v) is 25.5. The van der Waals surface area contributed by atoms with Gasteiger partial charge < -0.3 is 24.6 Å². The number of ether oxygens (including phenoxy) is 1. The molecular formula is C31H46N6O3. The van der Waals surface area contributed by atoms with Crippen molar-refractivity contribution in [3.8, 4) is 5.88 Å². The minimum absolute atomic E-state index is 0.00271. The molecule has 0 atom stereocenters. The summed E-state index contributed by atoms with van der Waals surface area (Å²) in [5, 5.41) is 0. The van der Waals surface area contributed by atoms with Gasteiger partial charge in [-0.1, -0.05) is 0 Å². The SMILES string of the molecule is CC(=O)Oc1ccc2[nH]cc(CCN(C)C(C)C)c2n1.Cc1cc2[nH]cc(CCN(C(C)C)C(C)C)c2[nH]c1=O. The lowest BCUT2D eigenvalue weighted by Gasteiger charge is -2.30. The van der Waals surface area contributed by atoms with Gasteiger partial charge in [-0.2, -0.15) is 0 Å². The Morgan fingerprint density at radius 1 is 0.925 bits per heavy atom. The number of carbonyl (C=O) groups excluding carboxylic acids is 1. The van der Waals surface area contributed by atoms with Gasteiger partial charge in [-0.05, 0) is 91.6 Å². The van der Waals surface area contributed by atoms with Gasteiger partial charge in [-0.15, -0.1) is 0 Å². The summed E-state index contributed by atoms with van der Waals surface area (Å²) in [6.07, 6.45) is 5.84. The minimum Gasteiger partial charge on any atom is -0.408 e. The molecule has 9 nitrogen and oxygen atoms in total. The van der Waals surface area contributed by atoms with E-state index < -0.39 is 0 Å². The van der Waals surface area contributed by atoms with Gasteiger partial charge in [0, 0.05) is 62.2 Å². The molecule has 3 N–H and O–H groups in total. The highest BCUT2D eigenvalue weighted by molar-refractivity contribution is 5.80. The van der Waals surface area contributed by atoms with Crippen molar-refractivity contribution in [2.24, 2.45) is 0 Å². The Bertz CT molecular complexity index is 1460. The van der Waals surface area contributed by atoms with Gasteiger partial charge in [0.05, 0.1) is 22.1 Å². The largest absolute Gasteiger partial charge is 0.408 e. The summed E-state index contributed by atoms with van der Waals surface area (Å²) in [6.45, 7) is 18.4. The Balaban J connectivity index is 0.000000220. The fraction of sp³-hybridized carbons (Fsp3) is 0.516. The summed E-state index contributed by atoms with van der Waals surface area (Å²) >= 11 is 0. The summed E-state index contributed by atoms with van der Waals surface area (Å²) in [4.78, 5) is 41.3. The van der Waals surface area contributed by atoms with Crippen molar-refractivity contribution < 1.29 is 9.53 Å². The Morgan fingerprint density at radius 2 is 1.55 bits per heavy atom. The predicted octanol–water partition coefficient (Wildman–Crippen LogP) is 5.20. The lowest BCUT2D eigenvalue weighted by Crippen LogP contribution is -2.38. The van der Waals surface area contributed by atoms with Gasteiger partial charge in [0.2, 0.25) is 5.88 Å². The van der Waals surface area contributed by atoms with E-state index in [9.17, 15) is 9.59 Å². The molecule has 0 spiro atoms. The maximum atomic E-state index is 11.8. The van der Waals surface area contributed by atoms with Gasteiger partial charge >= 0.3 is 5.97 Å². The minimum atomic E-state index is -0.353. The summed E-state index contributed by atoms with van der Waals surface area (Å²) in [5.41, 5.74) is 6.87. The van der Waals surface area contributed by atoms with Crippen LogP contribution in [0.4, 0.5) is 0 Å². The molecule has 0 radical (unpaired) electrons. The van der Waals surface area contributed by atoms with Crippen LogP contribution in [0.1, 0.15) is 65.2 Å². The second kappa shape index (κ2) is 13.8. The molecule has 0 bridgehead atoms. The summed E-state index contributed by atoms with van der Waals surface area (Å²) in [6, 6.07) is 7.08. The van der Waals surface area contributed by atoms with E-state index in [2.05, 4.69) is 78.3 Å². The van der Waals surface area contributed by atoms with Crippen molar-refractivity contribution in [1.82, 2.24) is 29.7 Å². The Kier molecular flexibility index (Phi) is 10.7. The first-order valence-corrected chi connectivity index (χ1v) is 14.2. The first-order chi connectivity index (χ1) is 18.9. The molecule has 0 aromatic carbocycles. The smallest absolute Gasteiger partial charge is 0.309 e. The number of hydrogen-bond donors (Lipinski definition) is 3. The van der Waals surface area contributed by atoms with E-state index in [1.807, 2.05) is 31.5 Å². The maximum absolute atomic E-state index is 11.8. The fourth-order valence-corrected chi connectivity index (χ4v) is 4.78. The van der Waals surface area contributed by atoms with Gasteiger partial charge in [0.25, 0.3) is 5.56 Å². The average molecular weight is 551 g/mol. The molecule has 0 saturated heterocycles. The molecule has 4 heterocycles. The molecule has 40 heavy (non-hydrogen) atoms. The second-order valence-corrected chi connectivity index (χ2v) is 11.3. The number of fused-ring (bicyclic) bond motifs is 2. The molecular weight excluding hydrogens is 504 g/mol. The molecule has 0 saturated carbocycles. The van der Waals surface area contributed by atoms with Crippen molar-refractivity contribution in [3.63, 3.8) is 0 Å². The number of aromatic amines is 3. The lowest BCUT2D eigenvalue weighted by molar-refractivity contribution is -0.132. The van der Waals surface area contributed by atoms with Gasteiger partial charge in [-0.3, -0.25) is 14.5 Å². The number of esters is 1. The van der Waals surface area contributed by atoms with Crippen molar-refractivity contribution in [3.05, 3.63) is 57.6 Å². The van der Waals surface area contributed by atoms with Gasteiger partial charge in [0.1, 0.15) is 0 Å². The second-order valence-electron chi connectivity index (χ2n) is 11.3. The number of nitrogens with one attached hydrogen (secondary N) is 3. The van der Waals surface area contributed by atoms with Crippen molar-refractivity contribution >= 4 is 28.0 Å². The van der Waals surface area contributed by atoms with E-state index in [-0.39, 0.29) is 11.5 Å². The number of rotatable bonds is 10. The maximum Gasteiger partial charge on any atom is 0.309 e. The molecule has 9 heteroatoms. The van der Waals surface area contributed by atoms with Crippen LogP contribution in [0.25, 0.3) is 22.1 Å². The number of carbonyl (C=O) groups is 1. The Labute approximate surface area is 237 Å². The topological polar surface area (TPSA) is 110 Å². The molecule has 0 amide bonds. The fourth-order valence-electron chi connectivity index (χ4n) is 4.78. The van der Waals surface area contributed by atoms with Crippen LogP contribution in [0.2, 0.25) is 0 Å². The number of pyridine rings is 2. The number of aryl methyl sites for hydroxylation is 1. The average Bonchev–Trinajstić information content (AvgIpc) is 3.45. The van der Waals surface area contributed by atoms with Crippen LogP contribution in [-0.4, -0.2) is 74.0 Å². The van der Waals surface area contributed by atoms with Crippen LogP contribution in [0.15, 0.2) is 35.4 Å². The molecule has 0 aliphatic heterocycles. The number of H-pyrrole nitrogens is 3. The Hall–Kier alpha value is -3.43. The highest BCUT2D eigenvalue weighted by Gasteiger charge is 2.15. The van der Waals surface area contributed by atoms with Crippen LogP contribution in [0, 0.1) is 6.92 Å². The van der Waals surface area contributed by atoms with Crippen LogP contribution >= 0.6 is 0 Å². The molecule has 4 aromatic heterocycles. The summed E-state index contributed by atoms with van der Waals surface area (Å²) < 4.78 is 5.04. The summed E-state index contributed by atoms with van der Waals surface area (Å²) in [7, 11) is 2.11. The van der Waals surface area contributed by atoms with Crippen molar-refractivity contribution in [1.29, 1.82) is 0 Å². The van der Waals surface area contributed by atoms with E-state index in [1.54, 1.807) is 6.07 Å². The zero-order chi connectivity index (χ0) is 29.6. The predicted molar refractivity (Wildman–Crippen MR) is 163 cm³/mol. The highest BCUT2D eigenvalue weighted by Crippen LogP contribution is 2.21.